The molecule has 1 aromatic rings. The van der Waals surface area contributed by atoms with Crippen molar-refractivity contribution in [3.8, 4) is 6.07 Å². The van der Waals surface area contributed by atoms with Gasteiger partial charge < -0.3 is 0 Å². The van der Waals surface area contributed by atoms with E-state index >= 15 is 0 Å². The van der Waals surface area contributed by atoms with Crippen LogP contribution < -0.4 is 5.32 Å². The summed E-state index contributed by atoms with van der Waals surface area (Å²) in [5, 5.41) is 13.5. The molecule has 3 heteroatoms. The molecule has 2 nitrogen and oxygen atoms in total. The maximum Gasteiger partial charge on any atom is 0.133 e. The second-order valence-corrected chi connectivity index (χ2v) is 7.07. The maximum absolute atomic E-state index is 9.81. The Morgan fingerprint density at radius 2 is 1.95 bits per heavy atom. The highest BCUT2D eigenvalue weighted by Crippen LogP contribution is 2.39. The Bertz CT molecular complexity index is 526. The van der Waals surface area contributed by atoms with Gasteiger partial charge in [-0.1, -0.05) is 47.7 Å². The Kier molecular flexibility index (Phi) is 4.14. The normalized spacial score (nSPS) is 26.8. The number of nitrogens with zero attached hydrogens (tertiary/aromatic N) is 1. The van der Waals surface area contributed by atoms with Gasteiger partial charge >= 0.3 is 0 Å². The largest absolute Gasteiger partial charge is 0.293 e. The SMILES string of the molecule is N#CC1(NC2CCCCCC2)CCc2cc(Br)ccc21. The zero-order valence-corrected chi connectivity index (χ0v) is 13.4. The summed E-state index contributed by atoms with van der Waals surface area (Å²) in [5.41, 5.74) is 2.07. The highest BCUT2D eigenvalue weighted by molar-refractivity contribution is 9.10. The van der Waals surface area contributed by atoms with Gasteiger partial charge in [0.1, 0.15) is 5.54 Å². The second-order valence-electron chi connectivity index (χ2n) is 6.15. The van der Waals surface area contributed by atoms with Gasteiger partial charge in [-0.2, -0.15) is 5.26 Å². The van der Waals surface area contributed by atoms with E-state index in [2.05, 4.69) is 45.5 Å². The summed E-state index contributed by atoms with van der Waals surface area (Å²) in [5.74, 6) is 0. The summed E-state index contributed by atoms with van der Waals surface area (Å²) in [6.07, 6.45) is 9.64. The predicted octanol–water partition coefficient (Wildman–Crippen LogP) is 4.43. The molecule has 1 N–H and O–H groups in total. The van der Waals surface area contributed by atoms with Crippen LogP contribution >= 0.6 is 15.9 Å². The van der Waals surface area contributed by atoms with Crippen LogP contribution in [0.4, 0.5) is 0 Å². The third-order valence-corrected chi connectivity index (χ3v) is 5.29. The molecule has 1 fully saturated rings. The lowest BCUT2D eigenvalue weighted by atomic mass is 9.91. The number of halogens is 1. The lowest BCUT2D eigenvalue weighted by Crippen LogP contribution is -2.45. The summed E-state index contributed by atoms with van der Waals surface area (Å²) in [4.78, 5) is 0. The second kappa shape index (κ2) is 5.87. The van der Waals surface area contributed by atoms with Crippen molar-refractivity contribution in [2.45, 2.75) is 62.9 Å². The molecule has 1 saturated carbocycles. The smallest absolute Gasteiger partial charge is 0.133 e. The van der Waals surface area contributed by atoms with Crippen LogP contribution in [0.2, 0.25) is 0 Å². The van der Waals surface area contributed by atoms with Crippen LogP contribution in [-0.2, 0) is 12.0 Å². The van der Waals surface area contributed by atoms with E-state index in [4.69, 9.17) is 0 Å². The minimum absolute atomic E-state index is 0.453. The summed E-state index contributed by atoms with van der Waals surface area (Å²) >= 11 is 3.53. The van der Waals surface area contributed by atoms with Crippen LogP contribution in [0, 0.1) is 11.3 Å². The molecule has 2 aliphatic carbocycles. The summed E-state index contributed by atoms with van der Waals surface area (Å²) < 4.78 is 1.11. The van der Waals surface area contributed by atoms with E-state index in [1.54, 1.807) is 0 Å². The van der Waals surface area contributed by atoms with E-state index in [1.807, 2.05) is 0 Å². The zero-order chi connectivity index (χ0) is 14.0. The predicted molar refractivity (Wildman–Crippen MR) is 84.4 cm³/mol. The lowest BCUT2D eigenvalue weighted by Gasteiger charge is -2.29. The molecule has 106 valence electrons. The summed E-state index contributed by atoms with van der Waals surface area (Å²) in [7, 11) is 0. The molecule has 0 bridgehead atoms. The molecule has 0 saturated heterocycles. The van der Waals surface area contributed by atoms with E-state index in [0.717, 1.165) is 17.3 Å². The minimum atomic E-state index is -0.453. The van der Waals surface area contributed by atoms with E-state index in [0.29, 0.717) is 6.04 Å². The van der Waals surface area contributed by atoms with Gasteiger partial charge in [-0.15, -0.1) is 0 Å². The van der Waals surface area contributed by atoms with Gasteiger partial charge in [0.05, 0.1) is 6.07 Å². The van der Waals surface area contributed by atoms with Crippen LogP contribution in [0.3, 0.4) is 0 Å². The van der Waals surface area contributed by atoms with Crippen LogP contribution in [0.25, 0.3) is 0 Å². The Labute approximate surface area is 129 Å². The van der Waals surface area contributed by atoms with Crippen molar-refractivity contribution >= 4 is 15.9 Å². The number of rotatable bonds is 2. The molecule has 0 amide bonds. The van der Waals surface area contributed by atoms with Crippen molar-refractivity contribution in [1.29, 1.82) is 5.26 Å². The Hall–Kier alpha value is -0.850. The number of fused-ring (bicyclic) bond motifs is 1. The van der Waals surface area contributed by atoms with Crippen LogP contribution in [0.15, 0.2) is 22.7 Å². The highest BCUT2D eigenvalue weighted by atomic mass is 79.9. The summed E-state index contributed by atoms with van der Waals surface area (Å²) in [6, 6.07) is 9.46. The van der Waals surface area contributed by atoms with Crippen LogP contribution in [-0.4, -0.2) is 6.04 Å². The third-order valence-electron chi connectivity index (χ3n) is 4.79. The van der Waals surface area contributed by atoms with Gasteiger partial charge in [0.25, 0.3) is 0 Å². The molecule has 1 unspecified atom stereocenters. The van der Waals surface area contributed by atoms with E-state index in [9.17, 15) is 5.26 Å². The van der Waals surface area contributed by atoms with E-state index < -0.39 is 5.54 Å². The lowest BCUT2D eigenvalue weighted by molar-refractivity contribution is 0.334. The van der Waals surface area contributed by atoms with Crippen molar-refractivity contribution in [1.82, 2.24) is 5.32 Å². The van der Waals surface area contributed by atoms with Crippen molar-refractivity contribution in [3.63, 3.8) is 0 Å². The zero-order valence-electron chi connectivity index (χ0n) is 11.8. The number of benzene rings is 1. The standard InChI is InChI=1S/C17H21BrN2/c18-14-7-8-16-13(11-14)9-10-17(16,12-19)20-15-5-3-1-2-4-6-15/h7-8,11,15,20H,1-6,9-10H2. The Balaban J connectivity index is 1.85. The number of aryl methyl sites for hydroxylation is 1. The van der Waals surface area contributed by atoms with Gasteiger partial charge in [0, 0.05) is 10.5 Å². The summed E-state index contributed by atoms with van der Waals surface area (Å²) in [6.45, 7) is 0. The van der Waals surface area contributed by atoms with Gasteiger partial charge in [0.15, 0.2) is 0 Å². The minimum Gasteiger partial charge on any atom is -0.293 e. The molecule has 1 aromatic carbocycles. The fourth-order valence-electron chi connectivity index (χ4n) is 3.71. The molecule has 20 heavy (non-hydrogen) atoms. The molecule has 0 aliphatic heterocycles. The fourth-order valence-corrected chi connectivity index (χ4v) is 4.12. The van der Waals surface area contributed by atoms with Crippen molar-refractivity contribution in [3.05, 3.63) is 33.8 Å². The van der Waals surface area contributed by atoms with Gasteiger partial charge in [-0.25, -0.2) is 0 Å². The topological polar surface area (TPSA) is 35.8 Å². The third kappa shape index (κ3) is 2.64. The first-order valence-electron chi connectivity index (χ1n) is 7.71. The van der Waals surface area contributed by atoms with Crippen LogP contribution in [0.1, 0.15) is 56.1 Å². The van der Waals surface area contributed by atoms with Crippen molar-refractivity contribution in [2.24, 2.45) is 0 Å². The first kappa shape index (κ1) is 14.1. The van der Waals surface area contributed by atoms with Crippen molar-refractivity contribution < 1.29 is 0 Å². The maximum atomic E-state index is 9.81. The molecule has 1 atom stereocenters. The van der Waals surface area contributed by atoms with E-state index in [1.165, 1.54) is 49.7 Å². The molecule has 0 aromatic heterocycles. The number of hydrogen-bond donors (Lipinski definition) is 1. The van der Waals surface area contributed by atoms with Gasteiger partial charge in [0.2, 0.25) is 0 Å². The molecular weight excluding hydrogens is 312 g/mol. The van der Waals surface area contributed by atoms with Gasteiger partial charge in [-0.05, 0) is 48.9 Å². The molecule has 3 rings (SSSR count). The quantitative estimate of drug-likeness (QED) is 0.813. The monoisotopic (exact) mass is 332 g/mol. The first-order chi connectivity index (χ1) is 9.73. The molecule has 0 radical (unpaired) electrons. The fraction of sp³-hybridized carbons (Fsp3) is 0.588. The average molecular weight is 333 g/mol. The Morgan fingerprint density at radius 3 is 2.65 bits per heavy atom. The molecule has 0 spiro atoms. The van der Waals surface area contributed by atoms with Crippen molar-refractivity contribution in [2.75, 3.05) is 0 Å². The highest BCUT2D eigenvalue weighted by Gasteiger charge is 2.40. The number of nitrogens with one attached hydrogen (secondary N) is 1. The van der Waals surface area contributed by atoms with Crippen LogP contribution in [0.5, 0.6) is 0 Å². The molecule has 0 heterocycles. The number of nitriles is 1. The average Bonchev–Trinajstić information content (AvgIpc) is 2.63. The van der Waals surface area contributed by atoms with E-state index in [-0.39, 0.29) is 0 Å². The molecule has 2 aliphatic rings. The number of hydrogen-bond acceptors (Lipinski definition) is 2. The Morgan fingerprint density at radius 1 is 1.20 bits per heavy atom. The molecular formula is C17H21BrN2. The van der Waals surface area contributed by atoms with Gasteiger partial charge in [-0.3, -0.25) is 5.32 Å². The first-order valence-corrected chi connectivity index (χ1v) is 8.51.